The summed E-state index contributed by atoms with van der Waals surface area (Å²) >= 11 is 0. The fourth-order valence-electron chi connectivity index (χ4n) is 1.70. The molecule has 4 nitrogen and oxygen atoms in total. The van der Waals surface area contributed by atoms with Gasteiger partial charge in [-0.15, -0.1) is 6.42 Å². The Kier molecular flexibility index (Phi) is 3.29. The van der Waals surface area contributed by atoms with Crippen LogP contribution in [0.25, 0.3) is 0 Å². The molecule has 0 atom stereocenters. The van der Waals surface area contributed by atoms with Crippen LogP contribution in [0.1, 0.15) is 23.2 Å². The molecule has 0 radical (unpaired) electrons. The van der Waals surface area contributed by atoms with Gasteiger partial charge in [0, 0.05) is 12.7 Å². The number of carbonyl (C=O) groups is 1. The standard InChI is InChI=1S/C13H14N2O2/c1-2-8-15(9-10-5-6-10)13(17)11-4-3-7-14-12(11)16/h1,3-4,7,10H,5-6,8-9H2,(H,14,16). The predicted molar refractivity (Wildman–Crippen MR) is 64.5 cm³/mol. The summed E-state index contributed by atoms with van der Waals surface area (Å²) < 4.78 is 0. The summed E-state index contributed by atoms with van der Waals surface area (Å²) in [5.41, 5.74) is -0.210. The number of H-pyrrole nitrogens is 1. The summed E-state index contributed by atoms with van der Waals surface area (Å²) in [6, 6.07) is 3.16. The summed E-state index contributed by atoms with van der Waals surface area (Å²) in [6.45, 7) is 0.904. The molecule has 1 aliphatic rings. The summed E-state index contributed by atoms with van der Waals surface area (Å²) in [7, 11) is 0. The minimum atomic E-state index is -0.365. The molecule has 0 spiro atoms. The van der Waals surface area contributed by atoms with Gasteiger partial charge in [-0.2, -0.15) is 0 Å². The molecule has 88 valence electrons. The van der Waals surface area contributed by atoms with Gasteiger partial charge in [-0.1, -0.05) is 5.92 Å². The Hall–Kier alpha value is -2.02. The average molecular weight is 230 g/mol. The lowest BCUT2D eigenvalue weighted by atomic mass is 10.2. The Balaban J connectivity index is 2.18. The van der Waals surface area contributed by atoms with Crippen molar-refractivity contribution < 1.29 is 4.79 Å². The number of aromatic nitrogens is 1. The molecule has 1 fully saturated rings. The van der Waals surface area contributed by atoms with Crippen LogP contribution in [0, 0.1) is 18.3 Å². The Morgan fingerprint density at radius 2 is 2.35 bits per heavy atom. The molecule has 0 aromatic carbocycles. The highest BCUT2D eigenvalue weighted by molar-refractivity contribution is 5.94. The number of terminal acetylenes is 1. The smallest absolute Gasteiger partial charge is 0.260 e. The van der Waals surface area contributed by atoms with Gasteiger partial charge < -0.3 is 9.88 Å². The zero-order valence-electron chi connectivity index (χ0n) is 9.48. The zero-order chi connectivity index (χ0) is 12.3. The van der Waals surface area contributed by atoms with Gasteiger partial charge in [-0.3, -0.25) is 9.59 Å². The molecule has 0 saturated heterocycles. The van der Waals surface area contributed by atoms with Crippen molar-refractivity contribution in [3.63, 3.8) is 0 Å². The summed E-state index contributed by atoms with van der Waals surface area (Å²) in [5, 5.41) is 0. The van der Waals surface area contributed by atoms with E-state index in [4.69, 9.17) is 6.42 Å². The fourth-order valence-corrected chi connectivity index (χ4v) is 1.70. The van der Waals surface area contributed by atoms with Crippen LogP contribution in [0.5, 0.6) is 0 Å². The molecule has 0 bridgehead atoms. The zero-order valence-corrected chi connectivity index (χ0v) is 9.48. The van der Waals surface area contributed by atoms with Gasteiger partial charge in [-0.25, -0.2) is 0 Å². The first kappa shape index (κ1) is 11.5. The Morgan fingerprint density at radius 1 is 1.59 bits per heavy atom. The van der Waals surface area contributed by atoms with Crippen molar-refractivity contribution in [2.45, 2.75) is 12.8 Å². The molecule has 0 aliphatic heterocycles. The molecule has 1 N–H and O–H groups in total. The second kappa shape index (κ2) is 4.88. The third-order valence-corrected chi connectivity index (χ3v) is 2.79. The van der Waals surface area contributed by atoms with E-state index in [0.717, 1.165) is 12.8 Å². The van der Waals surface area contributed by atoms with Crippen LogP contribution in [0.4, 0.5) is 0 Å². The fraction of sp³-hybridized carbons (Fsp3) is 0.385. The van der Waals surface area contributed by atoms with E-state index in [1.165, 1.54) is 12.3 Å². The summed E-state index contributed by atoms with van der Waals surface area (Å²) in [6.07, 6.45) is 9.03. The molecule has 1 aromatic rings. The van der Waals surface area contributed by atoms with Gasteiger partial charge >= 0.3 is 0 Å². The van der Waals surface area contributed by atoms with Crippen LogP contribution in [0.2, 0.25) is 0 Å². The molecule has 0 unspecified atom stereocenters. The van der Waals surface area contributed by atoms with Crippen molar-refractivity contribution in [2.75, 3.05) is 13.1 Å². The quantitative estimate of drug-likeness (QED) is 0.780. The third kappa shape index (κ3) is 2.76. The van der Waals surface area contributed by atoms with E-state index in [-0.39, 0.29) is 23.6 Å². The van der Waals surface area contributed by atoms with Crippen LogP contribution in [-0.2, 0) is 0 Å². The first-order valence-corrected chi connectivity index (χ1v) is 5.63. The molecule has 1 amide bonds. The van der Waals surface area contributed by atoms with E-state index in [1.807, 2.05) is 0 Å². The third-order valence-electron chi connectivity index (χ3n) is 2.79. The van der Waals surface area contributed by atoms with Gasteiger partial charge in [-0.05, 0) is 30.9 Å². The topological polar surface area (TPSA) is 53.2 Å². The number of carbonyl (C=O) groups excluding carboxylic acids is 1. The van der Waals surface area contributed by atoms with Crippen molar-refractivity contribution in [1.82, 2.24) is 9.88 Å². The van der Waals surface area contributed by atoms with Crippen LogP contribution in [0.15, 0.2) is 23.1 Å². The maximum Gasteiger partial charge on any atom is 0.260 e. The van der Waals surface area contributed by atoms with Crippen LogP contribution in [0.3, 0.4) is 0 Å². The second-order valence-electron chi connectivity index (χ2n) is 4.25. The first-order chi connectivity index (χ1) is 8.22. The maximum atomic E-state index is 12.1. The Labute approximate surface area is 99.6 Å². The van der Waals surface area contributed by atoms with Crippen molar-refractivity contribution in [2.24, 2.45) is 5.92 Å². The first-order valence-electron chi connectivity index (χ1n) is 5.63. The van der Waals surface area contributed by atoms with E-state index in [0.29, 0.717) is 12.5 Å². The average Bonchev–Trinajstić information content (AvgIpc) is 3.12. The largest absolute Gasteiger partial charge is 0.328 e. The van der Waals surface area contributed by atoms with Crippen molar-refractivity contribution in [3.05, 3.63) is 34.2 Å². The minimum absolute atomic E-state index is 0.156. The van der Waals surface area contributed by atoms with E-state index in [9.17, 15) is 9.59 Å². The molecule has 1 saturated carbocycles. The molecule has 17 heavy (non-hydrogen) atoms. The lowest BCUT2D eigenvalue weighted by Gasteiger charge is -2.19. The number of aromatic amines is 1. The monoisotopic (exact) mass is 230 g/mol. The molecule has 4 heteroatoms. The van der Waals surface area contributed by atoms with Gasteiger partial charge in [0.1, 0.15) is 5.56 Å². The highest BCUT2D eigenvalue weighted by Crippen LogP contribution is 2.29. The number of rotatable bonds is 4. The number of nitrogens with one attached hydrogen (secondary N) is 1. The molecular weight excluding hydrogens is 216 g/mol. The SMILES string of the molecule is C#CCN(CC1CC1)C(=O)c1ccc[nH]c1=O. The number of hydrogen-bond donors (Lipinski definition) is 1. The predicted octanol–water partition coefficient (Wildman–Crippen LogP) is 0.860. The lowest BCUT2D eigenvalue weighted by Crippen LogP contribution is -2.36. The summed E-state index contributed by atoms with van der Waals surface area (Å²) in [5.74, 6) is 2.73. The second-order valence-corrected chi connectivity index (χ2v) is 4.25. The Bertz CT molecular complexity index is 509. The Morgan fingerprint density at radius 3 is 2.94 bits per heavy atom. The molecule has 1 heterocycles. The highest BCUT2D eigenvalue weighted by atomic mass is 16.2. The van der Waals surface area contributed by atoms with Crippen LogP contribution >= 0.6 is 0 Å². The van der Waals surface area contributed by atoms with Gasteiger partial charge in [0.15, 0.2) is 0 Å². The van der Waals surface area contributed by atoms with Gasteiger partial charge in [0.05, 0.1) is 6.54 Å². The summed E-state index contributed by atoms with van der Waals surface area (Å²) in [4.78, 5) is 27.7. The highest BCUT2D eigenvalue weighted by Gasteiger charge is 2.27. The number of amides is 1. The van der Waals surface area contributed by atoms with E-state index < -0.39 is 0 Å². The van der Waals surface area contributed by atoms with Crippen LogP contribution in [-0.4, -0.2) is 28.9 Å². The number of hydrogen-bond acceptors (Lipinski definition) is 2. The van der Waals surface area contributed by atoms with Gasteiger partial charge in [0.2, 0.25) is 0 Å². The van der Waals surface area contributed by atoms with Crippen molar-refractivity contribution in [1.29, 1.82) is 0 Å². The molecule has 1 aliphatic carbocycles. The minimum Gasteiger partial charge on any atom is -0.328 e. The maximum absolute atomic E-state index is 12.1. The van der Waals surface area contributed by atoms with Crippen molar-refractivity contribution >= 4 is 5.91 Å². The van der Waals surface area contributed by atoms with Crippen LogP contribution < -0.4 is 5.56 Å². The normalized spacial score (nSPS) is 14.1. The van der Waals surface area contributed by atoms with E-state index >= 15 is 0 Å². The molecule has 1 aromatic heterocycles. The van der Waals surface area contributed by atoms with E-state index in [1.54, 1.807) is 11.0 Å². The number of nitrogens with zero attached hydrogens (tertiary/aromatic N) is 1. The molecule has 2 rings (SSSR count). The van der Waals surface area contributed by atoms with Crippen molar-refractivity contribution in [3.8, 4) is 12.3 Å². The van der Waals surface area contributed by atoms with E-state index in [2.05, 4.69) is 10.9 Å². The lowest BCUT2D eigenvalue weighted by molar-refractivity contribution is 0.0768. The van der Waals surface area contributed by atoms with Gasteiger partial charge in [0.25, 0.3) is 11.5 Å². The molecular formula is C13H14N2O2. The number of pyridine rings is 1.